The number of likely N-dealkylation sites (N-methyl/N-ethyl adjacent to an activating group) is 1. The fraction of sp³-hybridized carbons (Fsp3) is 0.357. The standard InChI is InChI=1S/C14H16FN3O/c1-16-6-8-17(9-7-16)11-2-3-12-13(10-11)18(15)5-4-14(12)19/h2-5,10H,6-9H2,1H3. The van der Waals surface area contributed by atoms with E-state index in [2.05, 4.69) is 16.8 Å². The first-order valence-corrected chi connectivity index (χ1v) is 6.40. The van der Waals surface area contributed by atoms with Gasteiger partial charge in [-0.1, -0.05) is 4.48 Å². The zero-order chi connectivity index (χ0) is 13.4. The molecule has 1 saturated heterocycles. The minimum absolute atomic E-state index is 0.145. The lowest BCUT2D eigenvalue weighted by Gasteiger charge is -2.34. The molecule has 2 aromatic rings. The zero-order valence-corrected chi connectivity index (χ0v) is 10.8. The van der Waals surface area contributed by atoms with Crippen LogP contribution in [-0.2, 0) is 0 Å². The van der Waals surface area contributed by atoms with Crippen molar-refractivity contribution in [2.24, 2.45) is 0 Å². The van der Waals surface area contributed by atoms with Gasteiger partial charge in [-0.25, -0.2) is 0 Å². The maximum Gasteiger partial charge on any atom is 0.189 e. The zero-order valence-electron chi connectivity index (χ0n) is 10.8. The summed E-state index contributed by atoms with van der Waals surface area (Å²) in [5, 5.41) is 0.419. The van der Waals surface area contributed by atoms with Crippen molar-refractivity contribution in [3.8, 4) is 0 Å². The molecule has 19 heavy (non-hydrogen) atoms. The molecule has 4 nitrogen and oxygen atoms in total. The second kappa shape index (κ2) is 4.66. The molecule has 1 aliphatic heterocycles. The largest absolute Gasteiger partial charge is 0.369 e. The van der Waals surface area contributed by atoms with Crippen LogP contribution in [0.4, 0.5) is 10.2 Å². The lowest BCUT2D eigenvalue weighted by Crippen LogP contribution is -2.44. The molecule has 5 heteroatoms. The highest BCUT2D eigenvalue weighted by Gasteiger charge is 2.15. The molecule has 0 spiro atoms. The lowest BCUT2D eigenvalue weighted by atomic mass is 10.1. The van der Waals surface area contributed by atoms with Crippen LogP contribution in [0, 0.1) is 0 Å². The van der Waals surface area contributed by atoms with Crippen LogP contribution >= 0.6 is 0 Å². The van der Waals surface area contributed by atoms with Crippen molar-refractivity contribution >= 4 is 16.6 Å². The monoisotopic (exact) mass is 261 g/mol. The number of aromatic nitrogens is 1. The van der Waals surface area contributed by atoms with Crippen LogP contribution in [0.1, 0.15) is 0 Å². The Balaban J connectivity index is 2.02. The summed E-state index contributed by atoms with van der Waals surface area (Å²) >= 11 is 0. The Morgan fingerprint density at radius 1 is 1.11 bits per heavy atom. The van der Waals surface area contributed by atoms with E-state index in [0.717, 1.165) is 31.9 Å². The summed E-state index contributed by atoms with van der Waals surface area (Å²) in [7, 11) is 2.09. The van der Waals surface area contributed by atoms with E-state index in [0.29, 0.717) is 15.7 Å². The van der Waals surface area contributed by atoms with Crippen molar-refractivity contribution in [1.29, 1.82) is 0 Å². The van der Waals surface area contributed by atoms with E-state index in [-0.39, 0.29) is 5.43 Å². The Morgan fingerprint density at radius 2 is 1.84 bits per heavy atom. The van der Waals surface area contributed by atoms with Gasteiger partial charge < -0.3 is 9.80 Å². The van der Waals surface area contributed by atoms with E-state index in [1.54, 1.807) is 12.1 Å². The van der Waals surface area contributed by atoms with Gasteiger partial charge in [0.15, 0.2) is 5.43 Å². The van der Waals surface area contributed by atoms with Gasteiger partial charge in [-0.2, -0.15) is 4.79 Å². The SMILES string of the molecule is CN1CCN(c2ccc3c(=O)ccn(F)c3c2)CC1. The van der Waals surface area contributed by atoms with Crippen molar-refractivity contribution in [3.05, 3.63) is 40.7 Å². The average molecular weight is 261 g/mol. The smallest absolute Gasteiger partial charge is 0.189 e. The molecule has 1 aliphatic rings. The molecule has 0 N–H and O–H groups in total. The normalized spacial score (nSPS) is 17.1. The number of nitrogens with zero attached hydrogens (tertiary/aromatic N) is 3. The van der Waals surface area contributed by atoms with Crippen molar-refractivity contribution in [1.82, 2.24) is 9.69 Å². The Labute approximate surface area is 110 Å². The fourth-order valence-corrected chi connectivity index (χ4v) is 2.47. The molecule has 1 fully saturated rings. The van der Waals surface area contributed by atoms with Gasteiger partial charge in [0.05, 0.1) is 5.52 Å². The van der Waals surface area contributed by atoms with Crippen molar-refractivity contribution in [2.45, 2.75) is 0 Å². The van der Waals surface area contributed by atoms with Gasteiger partial charge in [-0.15, -0.1) is 0 Å². The second-order valence-electron chi connectivity index (χ2n) is 4.98. The van der Waals surface area contributed by atoms with Crippen LogP contribution in [0.25, 0.3) is 10.9 Å². The average Bonchev–Trinajstić information content (AvgIpc) is 2.43. The highest BCUT2D eigenvalue weighted by molar-refractivity contribution is 5.82. The molecule has 100 valence electrons. The Morgan fingerprint density at radius 3 is 2.58 bits per heavy atom. The molecule has 3 rings (SSSR count). The summed E-state index contributed by atoms with van der Waals surface area (Å²) in [6, 6.07) is 6.61. The molecule has 1 aromatic heterocycles. The first-order chi connectivity index (χ1) is 9.15. The first-order valence-electron chi connectivity index (χ1n) is 6.40. The molecule has 0 aliphatic carbocycles. The number of hydrogen-bond acceptors (Lipinski definition) is 3. The van der Waals surface area contributed by atoms with Crippen LogP contribution in [0.2, 0.25) is 0 Å². The molecular formula is C14H16FN3O. The van der Waals surface area contributed by atoms with E-state index in [4.69, 9.17) is 0 Å². The molecule has 0 atom stereocenters. The summed E-state index contributed by atoms with van der Waals surface area (Å²) in [4.78, 5) is 16.7. The van der Waals surface area contributed by atoms with Gasteiger partial charge in [-0.3, -0.25) is 4.79 Å². The predicted molar refractivity (Wildman–Crippen MR) is 74.4 cm³/mol. The van der Waals surface area contributed by atoms with Crippen LogP contribution in [0.15, 0.2) is 35.3 Å². The number of rotatable bonds is 1. The molecule has 0 bridgehead atoms. The highest BCUT2D eigenvalue weighted by atomic mass is 19.2. The van der Waals surface area contributed by atoms with Gasteiger partial charge in [0.25, 0.3) is 0 Å². The summed E-state index contributed by atoms with van der Waals surface area (Å²) in [5.41, 5.74) is 1.16. The molecular weight excluding hydrogens is 245 g/mol. The van der Waals surface area contributed by atoms with E-state index >= 15 is 0 Å². The topological polar surface area (TPSA) is 28.5 Å². The quantitative estimate of drug-likeness (QED) is 0.778. The summed E-state index contributed by atoms with van der Waals surface area (Å²) in [5.74, 6) is 0. The van der Waals surface area contributed by atoms with Crippen molar-refractivity contribution in [3.63, 3.8) is 0 Å². The number of pyridine rings is 1. The maximum absolute atomic E-state index is 13.7. The summed E-state index contributed by atoms with van der Waals surface area (Å²) < 4.78 is 13.7. The Hall–Kier alpha value is -1.88. The van der Waals surface area contributed by atoms with E-state index in [1.807, 2.05) is 6.07 Å². The molecule has 2 heterocycles. The van der Waals surface area contributed by atoms with Gasteiger partial charge in [-0.05, 0) is 25.2 Å². The maximum atomic E-state index is 13.7. The number of piperazine rings is 1. The molecule has 0 radical (unpaired) electrons. The summed E-state index contributed by atoms with van der Waals surface area (Å²) in [6.45, 7) is 3.83. The lowest BCUT2D eigenvalue weighted by molar-refractivity contribution is 0.313. The van der Waals surface area contributed by atoms with Crippen LogP contribution in [0.3, 0.4) is 0 Å². The van der Waals surface area contributed by atoms with Crippen LogP contribution < -0.4 is 10.3 Å². The van der Waals surface area contributed by atoms with Crippen LogP contribution in [-0.4, -0.2) is 42.9 Å². The van der Waals surface area contributed by atoms with Gasteiger partial charge in [0, 0.05) is 49.5 Å². The third-order valence-electron chi connectivity index (χ3n) is 3.70. The van der Waals surface area contributed by atoms with E-state index < -0.39 is 0 Å². The van der Waals surface area contributed by atoms with Crippen molar-refractivity contribution < 1.29 is 4.48 Å². The first kappa shape index (κ1) is 12.2. The molecule has 0 saturated carbocycles. The number of anilines is 1. The molecule has 1 aromatic carbocycles. The van der Waals surface area contributed by atoms with E-state index in [9.17, 15) is 9.28 Å². The second-order valence-corrected chi connectivity index (χ2v) is 4.98. The third kappa shape index (κ3) is 2.21. The molecule has 0 unspecified atom stereocenters. The highest BCUT2D eigenvalue weighted by Crippen LogP contribution is 2.21. The predicted octanol–water partition coefficient (Wildman–Crippen LogP) is 1.49. The minimum atomic E-state index is -0.145. The van der Waals surface area contributed by atoms with Crippen LogP contribution in [0.5, 0.6) is 0 Å². The number of hydrogen-bond donors (Lipinski definition) is 0. The third-order valence-corrected chi connectivity index (χ3v) is 3.70. The van der Waals surface area contributed by atoms with E-state index in [1.165, 1.54) is 12.3 Å². The van der Waals surface area contributed by atoms with Gasteiger partial charge in [0.1, 0.15) is 0 Å². The van der Waals surface area contributed by atoms with Crippen molar-refractivity contribution in [2.75, 3.05) is 38.1 Å². The Bertz CT molecular complexity index is 659. The number of fused-ring (bicyclic) bond motifs is 1. The summed E-state index contributed by atoms with van der Waals surface area (Å²) in [6.07, 6.45) is 1.17. The number of benzene rings is 1. The fourth-order valence-electron chi connectivity index (χ4n) is 2.47. The number of halogens is 1. The minimum Gasteiger partial charge on any atom is -0.369 e. The molecule has 0 amide bonds. The Kier molecular flexibility index (Phi) is 2.98. The van der Waals surface area contributed by atoms with Gasteiger partial charge in [0.2, 0.25) is 0 Å². The van der Waals surface area contributed by atoms with Gasteiger partial charge >= 0.3 is 0 Å².